The van der Waals surface area contributed by atoms with Gasteiger partial charge in [0.25, 0.3) is 0 Å². The number of nitrogens with zero attached hydrogens (tertiary/aromatic N) is 1. The third kappa shape index (κ3) is 8.67. The molecule has 0 spiro atoms. The summed E-state index contributed by atoms with van der Waals surface area (Å²) < 4.78 is 2.81. The zero-order valence-electron chi connectivity index (χ0n) is 39.4. The molecule has 0 N–H and O–H groups in total. The Hall–Kier alpha value is -1.72. The van der Waals surface area contributed by atoms with Gasteiger partial charge in [-0.15, -0.1) is 0 Å². The van der Waals surface area contributed by atoms with Crippen LogP contribution in [0.3, 0.4) is 0 Å². The molecule has 59 heavy (non-hydrogen) atoms. The second-order valence-electron chi connectivity index (χ2n) is 22.3. The molecule has 1 nitrogen and oxygen atoms in total. The van der Waals surface area contributed by atoms with Gasteiger partial charge in [0.2, 0.25) is 0 Å². The molecule has 315 valence electrons. The summed E-state index contributed by atoms with van der Waals surface area (Å²) in [4.78, 5) is 0.784. The summed E-state index contributed by atoms with van der Waals surface area (Å²) in [7, 11) is 14.9. The van der Waals surface area contributed by atoms with E-state index in [4.69, 9.17) is 0 Å². The number of allylic oxidation sites excluding steroid dienone is 2. The first-order valence-corrected chi connectivity index (χ1v) is 40.3. The summed E-state index contributed by atoms with van der Waals surface area (Å²) in [5.74, 6) is 0.902. The molecule has 4 unspecified atom stereocenters. The Kier molecular flexibility index (Phi) is 13.0. The maximum atomic E-state index is 9.37. The molecule has 0 fully saturated rings. The molecule has 0 heterocycles. The predicted octanol–water partition coefficient (Wildman–Crippen LogP) is 17.0. The monoisotopic (exact) mass is 938 g/mol. The van der Waals surface area contributed by atoms with Crippen molar-refractivity contribution in [1.29, 1.82) is 0 Å². The number of hydrogen-bond donors (Lipinski definition) is 0. The van der Waals surface area contributed by atoms with Gasteiger partial charge in [-0.25, -0.2) is 0 Å². The topological polar surface area (TPSA) is 3.24 Å². The summed E-state index contributed by atoms with van der Waals surface area (Å²) in [6.45, 7) is 38.9. The van der Waals surface area contributed by atoms with Crippen molar-refractivity contribution in [2.24, 2.45) is 10.8 Å². The van der Waals surface area contributed by atoms with Gasteiger partial charge in [0, 0.05) is 0 Å². The van der Waals surface area contributed by atoms with Crippen LogP contribution >= 0.6 is 17.0 Å². The van der Waals surface area contributed by atoms with Gasteiger partial charge < -0.3 is 0 Å². The first-order chi connectivity index (χ1) is 27.2. The van der Waals surface area contributed by atoms with Crippen molar-refractivity contribution in [3.63, 3.8) is 0 Å². The number of rotatable bonds is 12. The number of benzene rings is 4. The van der Waals surface area contributed by atoms with E-state index in [9.17, 15) is 17.0 Å². The Morgan fingerprint density at radius 1 is 0.559 bits per heavy atom. The van der Waals surface area contributed by atoms with Crippen LogP contribution in [0.2, 0.25) is 39.3 Å². The molecule has 0 amide bonds. The molecular weight excluding hydrogens is 868 g/mol. The van der Waals surface area contributed by atoms with Crippen LogP contribution in [0, 0.1) is 10.8 Å². The maximum absolute atomic E-state index is 9.37. The summed E-state index contributed by atoms with van der Waals surface area (Å²) in [5, 5.41) is 0. The van der Waals surface area contributed by atoms with Crippen LogP contribution in [0.5, 0.6) is 0 Å². The fraction of sp³-hybridized carbons (Fsp3) is 0.462. The van der Waals surface area contributed by atoms with E-state index < -0.39 is 32.6 Å². The van der Waals surface area contributed by atoms with E-state index in [0.29, 0.717) is 11.8 Å². The molecular formula is C52H73BCl2NSi2Zr. The molecule has 4 aromatic rings. The van der Waals surface area contributed by atoms with Crippen molar-refractivity contribution in [2.45, 2.75) is 140 Å². The van der Waals surface area contributed by atoms with Gasteiger partial charge in [0.15, 0.2) is 0 Å². The molecule has 0 aromatic heterocycles. The van der Waals surface area contributed by atoms with Crippen molar-refractivity contribution in [3.05, 3.63) is 129 Å². The van der Waals surface area contributed by atoms with Gasteiger partial charge >= 0.3 is 374 Å². The summed E-state index contributed by atoms with van der Waals surface area (Å²) >= 11 is -5.50. The number of halogens is 2. The second kappa shape index (κ2) is 16.4. The van der Waals surface area contributed by atoms with E-state index in [1.165, 1.54) is 66.8 Å². The molecule has 7 heteroatoms. The van der Waals surface area contributed by atoms with E-state index in [1.54, 1.807) is 0 Å². The van der Waals surface area contributed by atoms with Crippen LogP contribution in [-0.4, -0.2) is 25.6 Å². The minimum absolute atomic E-state index is 0.0709. The number of fused-ring (bicyclic) bond motifs is 2. The van der Waals surface area contributed by atoms with Crippen LogP contribution in [0.1, 0.15) is 135 Å². The van der Waals surface area contributed by atoms with Gasteiger partial charge in [0.1, 0.15) is 0 Å². The van der Waals surface area contributed by atoms with E-state index >= 15 is 0 Å². The van der Waals surface area contributed by atoms with Crippen LogP contribution in [0.4, 0.5) is 0 Å². The van der Waals surface area contributed by atoms with Crippen molar-refractivity contribution in [1.82, 2.24) is 4.14 Å². The molecule has 4 aromatic carbocycles. The molecule has 6 rings (SSSR count). The first kappa shape index (κ1) is 46.8. The Labute approximate surface area is 370 Å². The van der Waals surface area contributed by atoms with E-state index in [1.807, 2.05) is 0 Å². The van der Waals surface area contributed by atoms with E-state index in [0.717, 1.165) is 17.8 Å². The normalized spacial score (nSPS) is 19.1. The number of hydrogen-bond acceptors (Lipinski definition) is 1. The fourth-order valence-corrected chi connectivity index (χ4v) is 53.4. The van der Waals surface area contributed by atoms with E-state index in [-0.39, 0.29) is 18.1 Å². The second-order valence-corrected chi connectivity index (χ2v) is 54.4. The molecule has 2 aliphatic carbocycles. The van der Waals surface area contributed by atoms with Crippen LogP contribution in [-0.2, 0) is 16.2 Å². The molecule has 2 aliphatic rings. The zero-order chi connectivity index (χ0) is 43.7. The third-order valence-electron chi connectivity index (χ3n) is 13.9. The Morgan fingerprint density at radius 2 is 0.898 bits per heavy atom. The average molecular weight is 941 g/mol. The summed E-state index contributed by atoms with van der Waals surface area (Å²) in [5.41, 5.74) is 15.9. The van der Waals surface area contributed by atoms with Crippen LogP contribution < -0.4 is 0 Å². The quantitative estimate of drug-likeness (QED) is 0.128. The molecule has 4 atom stereocenters. The molecule has 0 saturated heterocycles. The van der Waals surface area contributed by atoms with Crippen molar-refractivity contribution >= 4 is 50.6 Å². The summed E-state index contributed by atoms with van der Waals surface area (Å²) in [6, 6.07) is 32.3. The zero-order valence-corrected chi connectivity index (χ0v) is 45.3. The molecule has 0 bridgehead atoms. The van der Waals surface area contributed by atoms with E-state index in [2.05, 4.69) is 210 Å². The van der Waals surface area contributed by atoms with Crippen LogP contribution in [0.15, 0.2) is 96.1 Å². The molecule has 0 aliphatic heterocycles. The SMILES string of the molecule is CCC(C)c1ccccc1-c1cccc2c1C=C(C(C)(C)C)[CH]2[Zr]([Cl])([Cl])([BH]N([Si](C)(C)C)[Si](C)(C)C)[CH]1C(C(C)(C)C)=Cc2c(-c3ccccc3C(C)CC)cccc21. The Balaban J connectivity index is 1.75. The van der Waals surface area contributed by atoms with Crippen LogP contribution in [0.25, 0.3) is 34.4 Å². The third-order valence-corrected chi connectivity index (χ3v) is 40.7. The van der Waals surface area contributed by atoms with Gasteiger partial charge in [-0.05, 0) is 0 Å². The van der Waals surface area contributed by atoms with Gasteiger partial charge in [0.05, 0.1) is 0 Å². The van der Waals surface area contributed by atoms with Gasteiger partial charge in [-0.2, -0.15) is 0 Å². The first-order valence-electron chi connectivity index (χ1n) is 22.5. The van der Waals surface area contributed by atoms with Crippen molar-refractivity contribution in [2.75, 3.05) is 0 Å². The minimum atomic E-state index is -5.50. The van der Waals surface area contributed by atoms with Gasteiger partial charge in [-0.3, -0.25) is 0 Å². The Bertz CT molecular complexity index is 2130. The average Bonchev–Trinajstić information content (AvgIpc) is 3.78. The van der Waals surface area contributed by atoms with Gasteiger partial charge in [-0.1, -0.05) is 0 Å². The standard InChI is InChI=1S/2C23H27.C6H19BNSi2.2ClH.Zr/c2*1-6-16(2)19-11-7-8-12-20(19)21-13-9-10-17-14-18(15-22(17)21)23(3,4)5;1-9(2,3)8(7)10(4,5)6;;;/h2*7-16H,6H2,1-5H3;7H,1-6H3;2*1H;/q;;+1;;;+1/p-2. The molecule has 0 saturated carbocycles. The van der Waals surface area contributed by atoms with Crippen molar-refractivity contribution in [3.8, 4) is 22.3 Å². The molecule has 0 radical (unpaired) electrons. The Morgan fingerprint density at radius 3 is 1.22 bits per heavy atom. The summed E-state index contributed by atoms with van der Waals surface area (Å²) in [6.07, 6.45) is 7.31. The van der Waals surface area contributed by atoms with Crippen molar-refractivity contribution < 1.29 is 16.2 Å². The predicted molar refractivity (Wildman–Crippen MR) is 269 cm³/mol. The fourth-order valence-electron chi connectivity index (χ4n) is 10.8.